The lowest BCUT2D eigenvalue weighted by atomic mass is 10.00. The summed E-state index contributed by atoms with van der Waals surface area (Å²) in [5.41, 5.74) is 4.13. The van der Waals surface area contributed by atoms with E-state index >= 15 is 0 Å². The molecule has 4 rings (SSSR count). The van der Waals surface area contributed by atoms with Gasteiger partial charge < -0.3 is 30.6 Å². The summed E-state index contributed by atoms with van der Waals surface area (Å²) < 4.78 is 0. The molecular weight excluding hydrogens is 408 g/mol. The summed E-state index contributed by atoms with van der Waals surface area (Å²) in [5, 5.41) is 41.4. The van der Waals surface area contributed by atoms with Gasteiger partial charge in [0.25, 0.3) is 5.91 Å². The Kier molecular flexibility index (Phi) is 5.89. The summed E-state index contributed by atoms with van der Waals surface area (Å²) in [7, 11) is 0. The zero-order chi connectivity index (χ0) is 22.7. The zero-order valence-electron chi connectivity index (χ0n) is 17.3. The molecule has 1 heterocycles. The number of nitrogens with zero attached hydrogens (tertiary/aromatic N) is 1. The summed E-state index contributed by atoms with van der Waals surface area (Å²) >= 11 is 0. The van der Waals surface area contributed by atoms with Gasteiger partial charge in [0.2, 0.25) is 0 Å². The van der Waals surface area contributed by atoms with Crippen molar-refractivity contribution in [2.45, 2.75) is 19.5 Å². The summed E-state index contributed by atoms with van der Waals surface area (Å²) in [5.74, 6) is -0.993. The number of carbonyl (C=O) groups is 1. The molecule has 1 aliphatic rings. The van der Waals surface area contributed by atoms with Gasteiger partial charge in [0.15, 0.2) is 23.0 Å². The van der Waals surface area contributed by atoms with Crippen molar-refractivity contribution in [3.05, 3.63) is 88.6 Å². The molecule has 1 aliphatic heterocycles. The standard InChI is InChI=1S/C25H24N2O5/c28-21-7-5-16(11-23(21)30)9-10-26-25(32)20-13-18-3-1-2-4-19(18)15-27(20)14-17-6-8-22(29)24(31)12-17/h1-8,11-13,28-31H,9-10,14-15H2,(H,26,32). The number of hydrogen-bond acceptors (Lipinski definition) is 6. The normalized spacial score (nSPS) is 12.8. The minimum Gasteiger partial charge on any atom is -0.504 e. The van der Waals surface area contributed by atoms with Gasteiger partial charge in [-0.1, -0.05) is 36.4 Å². The first-order valence-electron chi connectivity index (χ1n) is 10.2. The van der Waals surface area contributed by atoms with E-state index in [4.69, 9.17) is 0 Å². The smallest absolute Gasteiger partial charge is 0.267 e. The second kappa shape index (κ2) is 8.93. The zero-order valence-corrected chi connectivity index (χ0v) is 17.3. The van der Waals surface area contributed by atoms with E-state index in [-0.39, 0.29) is 28.9 Å². The van der Waals surface area contributed by atoms with Gasteiger partial charge in [-0.3, -0.25) is 4.79 Å². The number of benzene rings is 3. The van der Waals surface area contributed by atoms with Gasteiger partial charge in [0.05, 0.1) is 0 Å². The van der Waals surface area contributed by atoms with Crippen LogP contribution in [0.1, 0.15) is 22.3 Å². The van der Waals surface area contributed by atoms with E-state index in [0.717, 1.165) is 22.3 Å². The molecule has 0 unspecified atom stereocenters. The molecule has 0 aromatic heterocycles. The van der Waals surface area contributed by atoms with E-state index in [1.54, 1.807) is 12.1 Å². The third-order valence-corrected chi connectivity index (χ3v) is 5.43. The average Bonchev–Trinajstić information content (AvgIpc) is 2.78. The van der Waals surface area contributed by atoms with Gasteiger partial charge in [0, 0.05) is 19.6 Å². The molecule has 0 atom stereocenters. The topological polar surface area (TPSA) is 113 Å². The van der Waals surface area contributed by atoms with E-state index in [0.29, 0.717) is 31.8 Å². The molecule has 7 nitrogen and oxygen atoms in total. The van der Waals surface area contributed by atoms with Crippen LogP contribution in [0.15, 0.2) is 66.4 Å². The Hall–Kier alpha value is -4.13. The Bertz CT molecular complexity index is 1190. The molecule has 0 radical (unpaired) electrons. The van der Waals surface area contributed by atoms with Crippen molar-refractivity contribution in [3.63, 3.8) is 0 Å². The van der Waals surface area contributed by atoms with Crippen molar-refractivity contribution in [2.24, 2.45) is 0 Å². The highest BCUT2D eigenvalue weighted by atomic mass is 16.3. The molecular formula is C25H24N2O5. The van der Waals surface area contributed by atoms with Crippen LogP contribution >= 0.6 is 0 Å². The monoisotopic (exact) mass is 432 g/mol. The van der Waals surface area contributed by atoms with E-state index in [1.807, 2.05) is 35.2 Å². The fourth-order valence-electron chi connectivity index (χ4n) is 3.72. The fraction of sp³-hybridized carbons (Fsp3) is 0.160. The highest BCUT2D eigenvalue weighted by Crippen LogP contribution is 2.30. The molecule has 0 aliphatic carbocycles. The van der Waals surface area contributed by atoms with E-state index < -0.39 is 0 Å². The van der Waals surface area contributed by atoms with Gasteiger partial charge in [-0.2, -0.15) is 0 Å². The van der Waals surface area contributed by atoms with Crippen LogP contribution in [0.3, 0.4) is 0 Å². The van der Waals surface area contributed by atoms with Crippen molar-refractivity contribution in [1.29, 1.82) is 0 Å². The molecule has 5 N–H and O–H groups in total. The quantitative estimate of drug-likeness (QED) is 0.382. The van der Waals surface area contributed by atoms with Gasteiger partial charge in [-0.15, -0.1) is 0 Å². The number of aromatic hydroxyl groups is 4. The highest BCUT2D eigenvalue weighted by molar-refractivity contribution is 5.98. The maximum absolute atomic E-state index is 13.0. The van der Waals surface area contributed by atoms with E-state index in [1.165, 1.54) is 24.3 Å². The maximum atomic E-state index is 13.0. The van der Waals surface area contributed by atoms with Crippen LogP contribution in [0, 0.1) is 0 Å². The Morgan fingerprint density at radius 3 is 2.22 bits per heavy atom. The lowest BCUT2D eigenvalue weighted by Crippen LogP contribution is -2.37. The van der Waals surface area contributed by atoms with Crippen LogP contribution in [0.4, 0.5) is 0 Å². The largest absolute Gasteiger partial charge is 0.504 e. The first-order chi connectivity index (χ1) is 15.4. The van der Waals surface area contributed by atoms with Crippen LogP contribution < -0.4 is 5.32 Å². The molecule has 0 spiro atoms. The van der Waals surface area contributed by atoms with Crippen molar-refractivity contribution in [1.82, 2.24) is 10.2 Å². The Balaban J connectivity index is 1.50. The molecule has 3 aromatic carbocycles. The number of rotatable bonds is 6. The number of amides is 1. The number of fused-ring (bicyclic) bond motifs is 1. The molecule has 7 heteroatoms. The van der Waals surface area contributed by atoms with Crippen LogP contribution in [0.25, 0.3) is 6.08 Å². The van der Waals surface area contributed by atoms with Crippen LogP contribution in [-0.4, -0.2) is 37.8 Å². The number of nitrogens with one attached hydrogen (secondary N) is 1. The predicted octanol–water partition coefficient (Wildman–Crippen LogP) is 3.22. The second-order valence-electron chi connectivity index (χ2n) is 7.74. The summed E-state index contributed by atoms with van der Waals surface area (Å²) in [4.78, 5) is 15.0. The van der Waals surface area contributed by atoms with Crippen molar-refractivity contribution in [3.8, 4) is 23.0 Å². The van der Waals surface area contributed by atoms with Crippen LogP contribution in [-0.2, 0) is 24.3 Å². The first-order valence-corrected chi connectivity index (χ1v) is 10.2. The molecule has 1 amide bonds. The predicted molar refractivity (Wildman–Crippen MR) is 120 cm³/mol. The second-order valence-corrected chi connectivity index (χ2v) is 7.74. The van der Waals surface area contributed by atoms with E-state index in [2.05, 4.69) is 5.32 Å². The summed E-state index contributed by atoms with van der Waals surface area (Å²) in [6, 6.07) is 17.1. The Morgan fingerprint density at radius 2 is 1.50 bits per heavy atom. The lowest BCUT2D eigenvalue weighted by molar-refractivity contribution is -0.119. The molecule has 0 saturated heterocycles. The molecule has 0 bridgehead atoms. The fourth-order valence-corrected chi connectivity index (χ4v) is 3.72. The summed E-state index contributed by atoms with van der Waals surface area (Å²) in [6.45, 7) is 1.27. The van der Waals surface area contributed by atoms with Crippen LogP contribution in [0.5, 0.6) is 23.0 Å². The third kappa shape index (κ3) is 4.62. The average molecular weight is 432 g/mol. The number of carbonyl (C=O) groups excluding carboxylic acids is 1. The van der Waals surface area contributed by atoms with E-state index in [9.17, 15) is 25.2 Å². The van der Waals surface area contributed by atoms with Crippen molar-refractivity contribution in [2.75, 3.05) is 6.54 Å². The molecule has 164 valence electrons. The minimum atomic E-state index is -0.231. The third-order valence-electron chi connectivity index (χ3n) is 5.43. The minimum absolute atomic E-state index is 0.181. The van der Waals surface area contributed by atoms with Gasteiger partial charge in [-0.25, -0.2) is 0 Å². The first kappa shape index (κ1) is 21.1. The molecule has 3 aromatic rings. The number of hydrogen-bond donors (Lipinski definition) is 5. The lowest BCUT2D eigenvalue weighted by Gasteiger charge is -2.31. The van der Waals surface area contributed by atoms with Gasteiger partial charge >= 0.3 is 0 Å². The van der Waals surface area contributed by atoms with Crippen molar-refractivity contribution < 1.29 is 25.2 Å². The van der Waals surface area contributed by atoms with Crippen LogP contribution in [0.2, 0.25) is 0 Å². The Labute approximate surface area is 185 Å². The van der Waals surface area contributed by atoms with Crippen molar-refractivity contribution >= 4 is 12.0 Å². The maximum Gasteiger partial charge on any atom is 0.267 e. The molecule has 32 heavy (non-hydrogen) atoms. The number of phenols is 4. The molecule has 0 fully saturated rings. The number of phenolic OH excluding ortho intramolecular Hbond substituents is 4. The Morgan fingerprint density at radius 1 is 0.844 bits per heavy atom. The van der Waals surface area contributed by atoms with Gasteiger partial charge in [-0.05, 0) is 59.0 Å². The molecule has 0 saturated carbocycles. The van der Waals surface area contributed by atoms with Gasteiger partial charge in [0.1, 0.15) is 5.70 Å². The highest BCUT2D eigenvalue weighted by Gasteiger charge is 2.23. The summed E-state index contributed by atoms with van der Waals surface area (Å²) in [6.07, 6.45) is 2.34. The SMILES string of the molecule is O=C(NCCc1ccc(O)c(O)c1)C1=Cc2ccccc2CN1Cc1ccc(O)c(O)c1.